The Morgan fingerprint density at radius 2 is 2.22 bits per heavy atom. The fourth-order valence-corrected chi connectivity index (χ4v) is 2.61. The fraction of sp³-hybridized carbons (Fsp3) is 0.312. The van der Waals surface area contributed by atoms with Crippen molar-refractivity contribution in [1.82, 2.24) is 9.78 Å². The van der Waals surface area contributed by atoms with Gasteiger partial charge in [-0.15, -0.1) is 0 Å². The first-order valence-corrected chi connectivity index (χ1v) is 7.30. The van der Waals surface area contributed by atoms with E-state index in [9.17, 15) is 14.0 Å². The van der Waals surface area contributed by atoms with Crippen LogP contribution in [0, 0.1) is 18.7 Å². The van der Waals surface area contributed by atoms with E-state index in [1.807, 2.05) is 0 Å². The molecule has 120 valence electrons. The SMILES string of the molecule is Cc1ccc(N2C[C@H](C(=O)Nc3cnn(C)c3)CC2=O)cc1F. The van der Waals surface area contributed by atoms with Gasteiger partial charge in [0.05, 0.1) is 17.8 Å². The summed E-state index contributed by atoms with van der Waals surface area (Å²) in [6.45, 7) is 1.91. The number of carbonyl (C=O) groups excluding carboxylic acids is 2. The van der Waals surface area contributed by atoms with Gasteiger partial charge in [0.15, 0.2) is 0 Å². The first-order valence-electron chi connectivity index (χ1n) is 7.30. The predicted octanol–water partition coefficient (Wildman–Crippen LogP) is 1.86. The molecule has 0 aliphatic carbocycles. The van der Waals surface area contributed by atoms with Crippen LogP contribution in [0.25, 0.3) is 0 Å². The molecule has 23 heavy (non-hydrogen) atoms. The van der Waals surface area contributed by atoms with E-state index in [2.05, 4.69) is 10.4 Å². The molecule has 7 heteroatoms. The summed E-state index contributed by atoms with van der Waals surface area (Å²) in [5, 5.41) is 6.72. The number of halogens is 1. The molecule has 1 N–H and O–H groups in total. The van der Waals surface area contributed by atoms with Crippen molar-refractivity contribution in [2.75, 3.05) is 16.8 Å². The van der Waals surface area contributed by atoms with E-state index in [1.165, 1.54) is 11.0 Å². The van der Waals surface area contributed by atoms with Crippen LogP contribution in [0.2, 0.25) is 0 Å². The summed E-state index contributed by atoms with van der Waals surface area (Å²) in [5.41, 5.74) is 1.59. The summed E-state index contributed by atoms with van der Waals surface area (Å²) in [7, 11) is 1.75. The molecule has 2 heterocycles. The van der Waals surface area contributed by atoms with Crippen molar-refractivity contribution < 1.29 is 14.0 Å². The molecule has 1 atom stereocenters. The Kier molecular flexibility index (Phi) is 3.85. The molecule has 2 aromatic rings. The van der Waals surface area contributed by atoms with Crippen molar-refractivity contribution in [3.8, 4) is 0 Å². The van der Waals surface area contributed by atoms with Crippen molar-refractivity contribution in [2.45, 2.75) is 13.3 Å². The van der Waals surface area contributed by atoms with E-state index >= 15 is 0 Å². The fourth-order valence-electron chi connectivity index (χ4n) is 2.61. The second kappa shape index (κ2) is 5.83. The van der Waals surface area contributed by atoms with Gasteiger partial charge < -0.3 is 10.2 Å². The van der Waals surface area contributed by atoms with Crippen LogP contribution in [-0.2, 0) is 16.6 Å². The smallest absolute Gasteiger partial charge is 0.229 e. The van der Waals surface area contributed by atoms with Gasteiger partial charge in [-0.05, 0) is 24.6 Å². The van der Waals surface area contributed by atoms with Crippen LogP contribution in [0.4, 0.5) is 15.8 Å². The van der Waals surface area contributed by atoms with E-state index in [4.69, 9.17) is 0 Å². The number of nitrogens with one attached hydrogen (secondary N) is 1. The molecule has 6 nitrogen and oxygen atoms in total. The zero-order chi connectivity index (χ0) is 16.6. The highest BCUT2D eigenvalue weighted by molar-refractivity contribution is 6.03. The molecule has 0 saturated carbocycles. The van der Waals surface area contributed by atoms with Gasteiger partial charge in [0.1, 0.15) is 5.82 Å². The lowest BCUT2D eigenvalue weighted by Crippen LogP contribution is -2.28. The Bertz CT molecular complexity index is 771. The first-order chi connectivity index (χ1) is 10.9. The molecule has 1 aromatic carbocycles. The van der Waals surface area contributed by atoms with E-state index in [0.717, 1.165) is 0 Å². The highest BCUT2D eigenvalue weighted by Gasteiger charge is 2.35. The van der Waals surface area contributed by atoms with Gasteiger partial charge in [0.25, 0.3) is 0 Å². The summed E-state index contributed by atoms with van der Waals surface area (Å²) >= 11 is 0. The van der Waals surface area contributed by atoms with Crippen LogP contribution in [0.5, 0.6) is 0 Å². The summed E-state index contributed by atoms with van der Waals surface area (Å²) in [5.74, 6) is -1.24. The van der Waals surface area contributed by atoms with Crippen molar-refractivity contribution >= 4 is 23.2 Å². The van der Waals surface area contributed by atoms with Crippen LogP contribution in [0.3, 0.4) is 0 Å². The first kappa shape index (κ1) is 15.2. The van der Waals surface area contributed by atoms with Gasteiger partial charge >= 0.3 is 0 Å². The third-order valence-electron chi connectivity index (χ3n) is 3.94. The maximum atomic E-state index is 13.7. The lowest BCUT2D eigenvalue weighted by molar-refractivity contribution is -0.122. The maximum Gasteiger partial charge on any atom is 0.229 e. The lowest BCUT2D eigenvalue weighted by Gasteiger charge is -2.17. The second-order valence-corrected chi connectivity index (χ2v) is 5.73. The molecular weight excluding hydrogens is 299 g/mol. The van der Waals surface area contributed by atoms with Crippen molar-refractivity contribution in [3.63, 3.8) is 0 Å². The van der Waals surface area contributed by atoms with Crippen LogP contribution in [0.15, 0.2) is 30.6 Å². The monoisotopic (exact) mass is 316 g/mol. The minimum Gasteiger partial charge on any atom is -0.323 e. The zero-order valence-corrected chi connectivity index (χ0v) is 12.9. The van der Waals surface area contributed by atoms with Gasteiger partial charge in [-0.3, -0.25) is 14.3 Å². The Hall–Kier alpha value is -2.70. The van der Waals surface area contributed by atoms with Gasteiger partial charge in [-0.2, -0.15) is 5.10 Å². The quantitative estimate of drug-likeness (QED) is 0.940. The van der Waals surface area contributed by atoms with Gasteiger partial charge in [0.2, 0.25) is 11.8 Å². The molecule has 1 fully saturated rings. The third-order valence-corrected chi connectivity index (χ3v) is 3.94. The largest absolute Gasteiger partial charge is 0.323 e. The second-order valence-electron chi connectivity index (χ2n) is 5.73. The molecular formula is C16H17FN4O2. The number of nitrogens with zero attached hydrogens (tertiary/aromatic N) is 3. The predicted molar refractivity (Wildman–Crippen MR) is 83.4 cm³/mol. The van der Waals surface area contributed by atoms with E-state index < -0.39 is 5.92 Å². The van der Waals surface area contributed by atoms with Gasteiger partial charge in [-0.1, -0.05) is 6.07 Å². The topological polar surface area (TPSA) is 67.2 Å². The number of amides is 2. The van der Waals surface area contributed by atoms with Crippen molar-refractivity contribution in [3.05, 3.63) is 42.0 Å². The number of aromatic nitrogens is 2. The minimum atomic E-state index is -0.466. The number of carbonyl (C=O) groups is 2. The number of anilines is 2. The highest BCUT2D eigenvalue weighted by Crippen LogP contribution is 2.27. The van der Waals surface area contributed by atoms with Crippen molar-refractivity contribution in [1.29, 1.82) is 0 Å². The summed E-state index contributed by atoms with van der Waals surface area (Å²) in [6, 6.07) is 4.65. The molecule has 1 saturated heterocycles. The number of aryl methyl sites for hydroxylation is 2. The number of rotatable bonds is 3. The number of hydrogen-bond acceptors (Lipinski definition) is 3. The normalized spacial score (nSPS) is 17.6. The zero-order valence-electron chi connectivity index (χ0n) is 12.9. The van der Waals surface area contributed by atoms with Crippen LogP contribution in [-0.4, -0.2) is 28.1 Å². The Morgan fingerprint density at radius 3 is 2.87 bits per heavy atom. The molecule has 2 amide bonds. The molecule has 0 radical (unpaired) electrons. The number of hydrogen-bond donors (Lipinski definition) is 1. The average Bonchev–Trinajstić information content (AvgIpc) is 3.08. The van der Waals surface area contributed by atoms with Gasteiger partial charge in [0, 0.05) is 31.9 Å². The van der Waals surface area contributed by atoms with Crippen LogP contribution >= 0.6 is 0 Å². The van der Waals surface area contributed by atoms with E-state index in [1.54, 1.807) is 43.2 Å². The average molecular weight is 316 g/mol. The molecule has 0 unspecified atom stereocenters. The molecule has 3 rings (SSSR count). The van der Waals surface area contributed by atoms with Gasteiger partial charge in [-0.25, -0.2) is 4.39 Å². The van der Waals surface area contributed by atoms with Crippen molar-refractivity contribution in [2.24, 2.45) is 13.0 Å². The molecule has 0 bridgehead atoms. The molecule has 1 aliphatic heterocycles. The molecule has 1 aromatic heterocycles. The Labute approximate surface area is 132 Å². The Balaban J connectivity index is 1.71. The lowest BCUT2D eigenvalue weighted by atomic mass is 10.1. The Morgan fingerprint density at radius 1 is 1.43 bits per heavy atom. The van der Waals surface area contributed by atoms with E-state index in [0.29, 0.717) is 16.9 Å². The summed E-state index contributed by atoms with van der Waals surface area (Å²) in [6.07, 6.45) is 3.34. The number of benzene rings is 1. The third kappa shape index (κ3) is 3.08. The maximum absolute atomic E-state index is 13.7. The highest BCUT2D eigenvalue weighted by atomic mass is 19.1. The standard InChI is InChI=1S/C16H17FN4O2/c1-10-3-4-13(6-14(10)17)21-8-11(5-15(21)22)16(23)19-12-7-18-20(2)9-12/h3-4,6-7,9,11H,5,8H2,1-2H3,(H,19,23)/t11-/m1/s1. The van der Waals surface area contributed by atoms with Crippen LogP contribution < -0.4 is 10.2 Å². The van der Waals surface area contributed by atoms with Crippen LogP contribution in [0.1, 0.15) is 12.0 Å². The molecule has 0 spiro atoms. The summed E-state index contributed by atoms with van der Waals surface area (Å²) < 4.78 is 15.3. The van der Waals surface area contributed by atoms with E-state index in [-0.39, 0.29) is 30.6 Å². The summed E-state index contributed by atoms with van der Waals surface area (Å²) in [4.78, 5) is 25.9. The minimum absolute atomic E-state index is 0.113. The molecule has 1 aliphatic rings.